The van der Waals surface area contributed by atoms with Crippen molar-refractivity contribution in [2.45, 2.75) is 38.6 Å². The van der Waals surface area contributed by atoms with Gasteiger partial charge in [0.25, 0.3) is 0 Å². The van der Waals surface area contributed by atoms with E-state index in [-0.39, 0.29) is 0 Å². The van der Waals surface area contributed by atoms with E-state index in [9.17, 15) is 0 Å². The molecule has 1 unspecified atom stereocenters. The molecule has 2 aromatic heterocycles. The van der Waals surface area contributed by atoms with Crippen LogP contribution in [0.1, 0.15) is 45.2 Å². The van der Waals surface area contributed by atoms with Gasteiger partial charge in [-0.15, -0.1) is 22.7 Å². The van der Waals surface area contributed by atoms with E-state index in [1.165, 1.54) is 34.8 Å². The number of fused-ring (bicyclic) bond motifs is 1. The number of thiazole rings is 2. The summed E-state index contributed by atoms with van der Waals surface area (Å²) in [6, 6.07) is 0.455. The van der Waals surface area contributed by atoms with Crippen LogP contribution in [-0.4, -0.2) is 17.0 Å². The van der Waals surface area contributed by atoms with Gasteiger partial charge in [-0.1, -0.05) is 0 Å². The number of aryl methyl sites for hydroxylation is 2. The van der Waals surface area contributed by atoms with Crippen LogP contribution >= 0.6 is 22.7 Å². The van der Waals surface area contributed by atoms with Crippen molar-refractivity contribution >= 4 is 22.7 Å². The van der Waals surface area contributed by atoms with Crippen molar-refractivity contribution in [3.63, 3.8) is 0 Å². The molecule has 0 amide bonds. The van der Waals surface area contributed by atoms with Gasteiger partial charge >= 0.3 is 0 Å². The van der Waals surface area contributed by atoms with Gasteiger partial charge in [0.15, 0.2) is 0 Å². The Morgan fingerprint density at radius 2 is 2.33 bits per heavy atom. The molecule has 0 bridgehead atoms. The van der Waals surface area contributed by atoms with E-state index in [0.29, 0.717) is 6.04 Å². The van der Waals surface area contributed by atoms with Crippen LogP contribution < -0.4 is 5.32 Å². The molecule has 0 saturated carbocycles. The van der Waals surface area contributed by atoms with Gasteiger partial charge in [-0.05, 0) is 33.2 Å². The standard InChI is InChI=1S/C13H17N3S2/c1-8-15-9(7-17-8)6-12-16-13-10(14-2)4-3-5-11(13)18-12/h7,10,14H,3-6H2,1-2H3. The minimum atomic E-state index is 0.455. The van der Waals surface area contributed by atoms with Crippen molar-refractivity contribution in [1.82, 2.24) is 15.3 Å². The number of nitrogens with zero attached hydrogens (tertiary/aromatic N) is 2. The number of hydrogen-bond acceptors (Lipinski definition) is 5. The minimum absolute atomic E-state index is 0.455. The normalized spacial score (nSPS) is 18.9. The van der Waals surface area contributed by atoms with Crippen LogP contribution in [0.15, 0.2) is 5.38 Å². The molecule has 2 aromatic rings. The van der Waals surface area contributed by atoms with E-state index in [1.807, 2.05) is 18.4 Å². The molecule has 0 spiro atoms. The highest BCUT2D eigenvalue weighted by molar-refractivity contribution is 7.11. The summed E-state index contributed by atoms with van der Waals surface area (Å²) in [4.78, 5) is 10.8. The molecule has 0 aliphatic heterocycles. The number of nitrogens with one attached hydrogen (secondary N) is 1. The fraction of sp³-hybridized carbons (Fsp3) is 0.538. The summed E-state index contributed by atoms with van der Waals surface area (Å²) in [6.45, 7) is 2.05. The third-order valence-electron chi connectivity index (χ3n) is 3.35. The SMILES string of the molecule is CNC1CCCc2sc(Cc3csc(C)n3)nc21. The second-order valence-corrected chi connectivity index (χ2v) is 6.91. The van der Waals surface area contributed by atoms with Crippen LogP contribution in [0.5, 0.6) is 0 Å². The summed E-state index contributed by atoms with van der Waals surface area (Å²) in [5.41, 5.74) is 2.44. The number of rotatable bonds is 3. The first-order chi connectivity index (χ1) is 8.76. The second-order valence-electron chi connectivity index (χ2n) is 4.68. The molecular weight excluding hydrogens is 262 g/mol. The molecule has 5 heteroatoms. The lowest BCUT2D eigenvalue weighted by molar-refractivity contribution is 0.489. The molecule has 1 aliphatic carbocycles. The molecule has 0 radical (unpaired) electrons. The van der Waals surface area contributed by atoms with Crippen LogP contribution in [0.2, 0.25) is 0 Å². The van der Waals surface area contributed by atoms with E-state index in [4.69, 9.17) is 4.98 Å². The Bertz CT molecular complexity index is 544. The van der Waals surface area contributed by atoms with Crippen LogP contribution in [-0.2, 0) is 12.8 Å². The van der Waals surface area contributed by atoms with Gasteiger partial charge in [0, 0.05) is 16.7 Å². The van der Waals surface area contributed by atoms with E-state index in [0.717, 1.165) is 17.1 Å². The zero-order chi connectivity index (χ0) is 12.5. The summed E-state index contributed by atoms with van der Waals surface area (Å²) in [5.74, 6) is 0. The molecule has 2 heterocycles. The Morgan fingerprint density at radius 1 is 1.44 bits per heavy atom. The van der Waals surface area contributed by atoms with Crippen LogP contribution in [0.3, 0.4) is 0 Å². The molecule has 1 atom stereocenters. The van der Waals surface area contributed by atoms with Crippen molar-refractivity contribution in [1.29, 1.82) is 0 Å². The van der Waals surface area contributed by atoms with Crippen molar-refractivity contribution in [2.75, 3.05) is 7.05 Å². The third-order valence-corrected chi connectivity index (χ3v) is 5.30. The Balaban J connectivity index is 1.84. The van der Waals surface area contributed by atoms with Crippen LogP contribution in [0, 0.1) is 6.92 Å². The van der Waals surface area contributed by atoms with E-state index < -0.39 is 0 Å². The maximum atomic E-state index is 4.83. The van der Waals surface area contributed by atoms with Gasteiger partial charge < -0.3 is 5.32 Å². The lowest BCUT2D eigenvalue weighted by atomic mass is 9.98. The van der Waals surface area contributed by atoms with Gasteiger partial charge in [-0.3, -0.25) is 0 Å². The van der Waals surface area contributed by atoms with Crippen molar-refractivity contribution < 1.29 is 0 Å². The van der Waals surface area contributed by atoms with E-state index in [2.05, 4.69) is 22.6 Å². The topological polar surface area (TPSA) is 37.8 Å². The summed E-state index contributed by atoms with van der Waals surface area (Å²) >= 11 is 3.59. The monoisotopic (exact) mass is 279 g/mol. The first-order valence-electron chi connectivity index (χ1n) is 6.33. The maximum absolute atomic E-state index is 4.83. The average molecular weight is 279 g/mol. The molecule has 1 N–H and O–H groups in total. The van der Waals surface area contributed by atoms with Gasteiger partial charge in [-0.2, -0.15) is 0 Å². The Kier molecular flexibility index (Phi) is 3.46. The number of aromatic nitrogens is 2. The van der Waals surface area contributed by atoms with E-state index in [1.54, 1.807) is 11.3 Å². The highest BCUT2D eigenvalue weighted by Gasteiger charge is 2.23. The Morgan fingerprint density at radius 3 is 3.06 bits per heavy atom. The predicted molar refractivity (Wildman–Crippen MR) is 76.5 cm³/mol. The predicted octanol–water partition coefficient (Wildman–Crippen LogP) is 3.10. The summed E-state index contributed by atoms with van der Waals surface area (Å²) < 4.78 is 0. The highest BCUT2D eigenvalue weighted by Crippen LogP contribution is 2.33. The second kappa shape index (κ2) is 5.07. The Hall–Kier alpha value is -0.780. The molecule has 3 nitrogen and oxygen atoms in total. The molecule has 18 heavy (non-hydrogen) atoms. The quantitative estimate of drug-likeness (QED) is 0.938. The summed E-state index contributed by atoms with van der Waals surface area (Å²) in [7, 11) is 2.03. The third kappa shape index (κ3) is 2.35. The molecule has 0 fully saturated rings. The highest BCUT2D eigenvalue weighted by atomic mass is 32.1. The number of hydrogen-bond donors (Lipinski definition) is 1. The molecule has 3 rings (SSSR count). The molecule has 0 aromatic carbocycles. The first-order valence-corrected chi connectivity index (χ1v) is 8.02. The molecule has 1 aliphatic rings. The minimum Gasteiger partial charge on any atom is -0.312 e. The molecule has 0 saturated heterocycles. The summed E-state index contributed by atoms with van der Waals surface area (Å²) in [5, 5.41) is 7.87. The van der Waals surface area contributed by atoms with Crippen molar-refractivity contribution in [3.05, 3.63) is 31.7 Å². The van der Waals surface area contributed by atoms with Gasteiger partial charge in [0.1, 0.15) is 0 Å². The average Bonchev–Trinajstić information content (AvgIpc) is 2.94. The first kappa shape index (κ1) is 12.3. The molecular formula is C13H17N3S2. The lowest BCUT2D eigenvalue weighted by Gasteiger charge is -2.19. The fourth-order valence-electron chi connectivity index (χ4n) is 2.47. The van der Waals surface area contributed by atoms with Crippen molar-refractivity contribution in [3.8, 4) is 0 Å². The van der Waals surface area contributed by atoms with Gasteiger partial charge in [0.2, 0.25) is 0 Å². The summed E-state index contributed by atoms with van der Waals surface area (Å²) in [6.07, 6.45) is 4.57. The smallest absolute Gasteiger partial charge is 0.0991 e. The van der Waals surface area contributed by atoms with E-state index >= 15 is 0 Å². The molecule has 96 valence electrons. The zero-order valence-corrected chi connectivity index (χ0v) is 12.3. The van der Waals surface area contributed by atoms with Crippen LogP contribution in [0.25, 0.3) is 0 Å². The van der Waals surface area contributed by atoms with Gasteiger partial charge in [-0.25, -0.2) is 9.97 Å². The maximum Gasteiger partial charge on any atom is 0.0991 e. The zero-order valence-electron chi connectivity index (χ0n) is 10.7. The van der Waals surface area contributed by atoms with Crippen molar-refractivity contribution in [2.24, 2.45) is 0 Å². The largest absolute Gasteiger partial charge is 0.312 e. The lowest BCUT2D eigenvalue weighted by Crippen LogP contribution is -2.21. The van der Waals surface area contributed by atoms with Crippen LogP contribution in [0.4, 0.5) is 0 Å². The fourth-order valence-corrected chi connectivity index (χ4v) is 4.27. The van der Waals surface area contributed by atoms with Gasteiger partial charge in [0.05, 0.1) is 27.4 Å². The Labute approximate surface area is 115 Å².